The zero-order valence-electron chi connectivity index (χ0n) is 15.5. The van der Waals surface area contributed by atoms with Gasteiger partial charge in [0.05, 0.1) is 0 Å². The number of hydrogen-bond donors (Lipinski definition) is 2. The molecule has 2 unspecified atom stereocenters. The van der Waals surface area contributed by atoms with Gasteiger partial charge in [-0.05, 0) is 45.5 Å². The van der Waals surface area contributed by atoms with Crippen LogP contribution in [0.3, 0.4) is 0 Å². The van der Waals surface area contributed by atoms with Crippen LogP contribution in [0.4, 0.5) is 0 Å². The first-order valence-corrected chi connectivity index (χ1v) is 8.58. The summed E-state index contributed by atoms with van der Waals surface area (Å²) >= 11 is 0. The summed E-state index contributed by atoms with van der Waals surface area (Å²) in [5, 5.41) is 5.96. The van der Waals surface area contributed by atoms with Crippen molar-refractivity contribution in [3.05, 3.63) is 35.9 Å². The minimum atomic E-state index is -0.211. The van der Waals surface area contributed by atoms with Crippen molar-refractivity contribution in [2.24, 2.45) is 5.92 Å². The fourth-order valence-electron chi connectivity index (χ4n) is 2.70. The van der Waals surface area contributed by atoms with Crippen LogP contribution in [0.2, 0.25) is 0 Å². The summed E-state index contributed by atoms with van der Waals surface area (Å²) in [6, 6.07) is 8.96. The molecule has 0 radical (unpaired) electrons. The van der Waals surface area contributed by atoms with Gasteiger partial charge in [0.1, 0.15) is 0 Å². The van der Waals surface area contributed by atoms with Gasteiger partial charge in [-0.2, -0.15) is 0 Å². The summed E-state index contributed by atoms with van der Waals surface area (Å²) in [4.78, 5) is 26.4. The SMILES string of the molecule is CC(C)CC(CN(C)C)NC(=O)CC(C)NC(=O)c1ccccc1. The Kier molecular flexibility index (Phi) is 8.47. The number of hydrogen-bond acceptors (Lipinski definition) is 3. The van der Waals surface area contributed by atoms with Crippen LogP contribution in [-0.2, 0) is 4.79 Å². The average molecular weight is 333 g/mol. The molecule has 134 valence electrons. The molecule has 24 heavy (non-hydrogen) atoms. The third-order valence-corrected chi connectivity index (χ3v) is 3.61. The standard InChI is InChI=1S/C19H31N3O2/c1-14(2)11-17(13-22(4)5)21-18(23)12-15(3)20-19(24)16-9-7-6-8-10-16/h6-10,14-15,17H,11-13H2,1-5H3,(H,20,24)(H,21,23). The highest BCUT2D eigenvalue weighted by atomic mass is 16.2. The summed E-state index contributed by atoms with van der Waals surface area (Å²) in [6.07, 6.45) is 1.22. The highest BCUT2D eigenvalue weighted by Gasteiger charge is 2.18. The molecule has 0 saturated carbocycles. The lowest BCUT2D eigenvalue weighted by Gasteiger charge is -2.24. The van der Waals surface area contributed by atoms with E-state index in [9.17, 15) is 9.59 Å². The molecule has 0 saturated heterocycles. The third kappa shape index (κ3) is 8.11. The van der Waals surface area contributed by atoms with E-state index in [1.165, 1.54) is 0 Å². The average Bonchev–Trinajstić information content (AvgIpc) is 2.46. The van der Waals surface area contributed by atoms with Crippen LogP contribution < -0.4 is 10.6 Å². The molecule has 0 aliphatic rings. The van der Waals surface area contributed by atoms with Crippen molar-refractivity contribution in [1.82, 2.24) is 15.5 Å². The molecule has 1 rings (SSSR count). The van der Waals surface area contributed by atoms with Gasteiger partial charge in [0.25, 0.3) is 5.91 Å². The molecule has 0 heterocycles. The predicted octanol–water partition coefficient (Wildman–Crippen LogP) is 2.29. The van der Waals surface area contributed by atoms with E-state index in [-0.39, 0.29) is 30.3 Å². The first-order valence-electron chi connectivity index (χ1n) is 8.58. The Morgan fingerprint density at radius 3 is 2.21 bits per heavy atom. The lowest BCUT2D eigenvalue weighted by Crippen LogP contribution is -2.45. The molecule has 1 aromatic rings. The molecular formula is C19H31N3O2. The number of benzene rings is 1. The highest BCUT2D eigenvalue weighted by molar-refractivity contribution is 5.94. The fourth-order valence-corrected chi connectivity index (χ4v) is 2.70. The molecule has 1 aromatic carbocycles. The number of carbonyl (C=O) groups excluding carboxylic acids is 2. The fraction of sp³-hybridized carbons (Fsp3) is 0.579. The van der Waals surface area contributed by atoms with Crippen molar-refractivity contribution in [3.63, 3.8) is 0 Å². The zero-order chi connectivity index (χ0) is 18.1. The minimum absolute atomic E-state index is 0.0247. The van der Waals surface area contributed by atoms with Gasteiger partial charge in [-0.15, -0.1) is 0 Å². The van der Waals surface area contributed by atoms with Crippen molar-refractivity contribution in [3.8, 4) is 0 Å². The molecule has 0 fully saturated rings. The summed E-state index contributed by atoms with van der Waals surface area (Å²) in [7, 11) is 4.00. The maximum Gasteiger partial charge on any atom is 0.251 e. The molecule has 2 atom stereocenters. The highest BCUT2D eigenvalue weighted by Crippen LogP contribution is 2.06. The topological polar surface area (TPSA) is 61.4 Å². The van der Waals surface area contributed by atoms with Crippen LogP contribution in [-0.4, -0.2) is 49.4 Å². The monoisotopic (exact) mass is 333 g/mol. The van der Waals surface area contributed by atoms with Gasteiger partial charge in [0, 0.05) is 30.6 Å². The van der Waals surface area contributed by atoms with Crippen LogP contribution >= 0.6 is 0 Å². The van der Waals surface area contributed by atoms with Gasteiger partial charge in [0.2, 0.25) is 5.91 Å². The van der Waals surface area contributed by atoms with E-state index in [0.717, 1.165) is 13.0 Å². The normalized spacial score (nSPS) is 13.6. The Morgan fingerprint density at radius 1 is 1.04 bits per heavy atom. The lowest BCUT2D eigenvalue weighted by atomic mass is 10.0. The van der Waals surface area contributed by atoms with Crippen LogP contribution in [0.5, 0.6) is 0 Å². The summed E-state index contributed by atoms with van der Waals surface area (Å²) in [5.41, 5.74) is 0.607. The van der Waals surface area contributed by atoms with Gasteiger partial charge in [0.15, 0.2) is 0 Å². The second-order valence-corrected chi connectivity index (χ2v) is 7.10. The van der Waals surface area contributed by atoms with Crippen molar-refractivity contribution < 1.29 is 9.59 Å². The van der Waals surface area contributed by atoms with E-state index in [0.29, 0.717) is 11.5 Å². The molecule has 5 heteroatoms. The number of nitrogens with one attached hydrogen (secondary N) is 2. The summed E-state index contributed by atoms with van der Waals surface area (Å²) in [5.74, 6) is 0.344. The van der Waals surface area contributed by atoms with Gasteiger partial charge in [-0.1, -0.05) is 32.0 Å². The van der Waals surface area contributed by atoms with Gasteiger partial charge in [-0.3, -0.25) is 9.59 Å². The van der Waals surface area contributed by atoms with Crippen LogP contribution in [0.1, 0.15) is 44.0 Å². The van der Waals surface area contributed by atoms with E-state index >= 15 is 0 Å². The minimum Gasteiger partial charge on any atom is -0.352 e. The molecule has 0 bridgehead atoms. The molecule has 5 nitrogen and oxygen atoms in total. The Bertz CT molecular complexity index is 505. The van der Waals surface area contributed by atoms with E-state index in [2.05, 4.69) is 29.4 Å². The van der Waals surface area contributed by atoms with E-state index in [4.69, 9.17) is 0 Å². The van der Waals surface area contributed by atoms with E-state index in [1.807, 2.05) is 39.2 Å². The Labute approximate surface area is 145 Å². The second-order valence-electron chi connectivity index (χ2n) is 7.10. The Hall–Kier alpha value is -1.88. The molecule has 2 amide bonds. The van der Waals surface area contributed by atoms with Gasteiger partial charge >= 0.3 is 0 Å². The summed E-state index contributed by atoms with van der Waals surface area (Å²) < 4.78 is 0. The molecule has 0 spiro atoms. The van der Waals surface area contributed by atoms with E-state index < -0.39 is 0 Å². The smallest absolute Gasteiger partial charge is 0.251 e. The van der Waals surface area contributed by atoms with Crippen molar-refractivity contribution in [2.45, 2.75) is 45.7 Å². The quantitative estimate of drug-likeness (QED) is 0.729. The Balaban J connectivity index is 2.48. The van der Waals surface area contributed by atoms with Gasteiger partial charge in [-0.25, -0.2) is 0 Å². The Morgan fingerprint density at radius 2 is 1.67 bits per heavy atom. The van der Waals surface area contributed by atoms with Crippen LogP contribution in [0.15, 0.2) is 30.3 Å². The van der Waals surface area contributed by atoms with Crippen molar-refractivity contribution in [2.75, 3.05) is 20.6 Å². The predicted molar refractivity (Wildman–Crippen MR) is 97.9 cm³/mol. The molecule has 2 N–H and O–H groups in total. The number of nitrogens with zero attached hydrogens (tertiary/aromatic N) is 1. The first kappa shape index (κ1) is 20.2. The third-order valence-electron chi connectivity index (χ3n) is 3.61. The van der Waals surface area contributed by atoms with Crippen LogP contribution in [0, 0.1) is 5.92 Å². The number of likely N-dealkylation sites (N-methyl/N-ethyl adjacent to an activating group) is 1. The maximum absolute atomic E-state index is 12.3. The lowest BCUT2D eigenvalue weighted by molar-refractivity contribution is -0.122. The molecular weight excluding hydrogens is 302 g/mol. The van der Waals surface area contributed by atoms with Crippen molar-refractivity contribution >= 4 is 11.8 Å². The number of rotatable bonds is 9. The zero-order valence-corrected chi connectivity index (χ0v) is 15.5. The molecule has 0 aliphatic heterocycles. The first-order chi connectivity index (χ1) is 11.3. The van der Waals surface area contributed by atoms with E-state index in [1.54, 1.807) is 12.1 Å². The summed E-state index contributed by atoms with van der Waals surface area (Å²) in [6.45, 7) is 6.97. The number of carbonyl (C=O) groups is 2. The second kappa shape index (κ2) is 10.1. The van der Waals surface area contributed by atoms with Gasteiger partial charge < -0.3 is 15.5 Å². The largest absolute Gasteiger partial charge is 0.352 e. The molecule has 0 aromatic heterocycles. The maximum atomic E-state index is 12.3. The number of amides is 2. The van der Waals surface area contributed by atoms with Crippen molar-refractivity contribution in [1.29, 1.82) is 0 Å². The molecule has 0 aliphatic carbocycles. The van der Waals surface area contributed by atoms with Crippen LogP contribution in [0.25, 0.3) is 0 Å².